The van der Waals surface area contributed by atoms with Crippen molar-refractivity contribution in [3.05, 3.63) is 35.9 Å². The molecule has 1 amide bonds. The Labute approximate surface area is 144 Å². The lowest BCUT2D eigenvalue weighted by molar-refractivity contribution is -0.117. The van der Waals surface area contributed by atoms with Crippen LogP contribution in [0.1, 0.15) is 24.8 Å². The number of hydrogen-bond donors (Lipinski definition) is 1. The molecule has 0 spiro atoms. The topological polar surface area (TPSA) is 58.1 Å². The van der Waals surface area contributed by atoms with Gasteiger partial charge in [0.15, 0.2) is 4.34 Å². The predicted octanol–water partition coefficient (Wildman–Crippen LogP) is 3.25. The van der Waals surface area contributed by atoms with Crippen molar-refractivity contribution in [3.63, 3.8) is 0 Å². The van der Waals surface area contributed by atoms with Crippen LogP contribution < -0.4 is 5.32 Å². The Kier molecular flexibility index (Phi) is 6.01. The van der Waals surface area contributed by atoms with E-state index in [1.54, 1.807) is 11.8 Å². The lowest BCUT2D eigenvalue weighted by Gasteiger charge is -2.25. The molecule has 3 rings (SSSR count). The Bertz CT molecular complexity index is 626. The first-order chi connectivity index (χ1) is 11.3. The van der Waals surface area contributed by atoms with Gasteiger partial charge in [-0.05, 0) is 31.5 Å². The second-order valence-electron chi connectivity index (χ2n) is 5.53. The summed E-state index contributed by atoms with van der Waals surface area (Å²) in [6, 6.07) is 10.3. The highest BCUT2D eigenvalue weighted by atomic mass is 32.2. The average Bonchev–Trinajstić information content (AvgIpc) is 3.02. The van der Waals surface area contributed by atoms with Crippen LogP contribution in [0.25, 0.3) is 0 Å². The molecule has 1 aliphatic heterocycles. The zero-order chi connectivity index (χ0) is 15.9. The van der Waals surface area contributed by atoms with E-state index in [0.717, 1.165) is 23.2 Å². The van der Waals surface area contributed by atoms with Gasteiger partial charge in [-0.1, -0.05) is 59.9 Å². The number of amides is 1. The van der Waals surface area contributed by atoms with E-state index in [1.807, 2.05) is 18.2 Å². The van der Waals surface area contributed by atoms with Crippen LogP contribution in [0.15, 0.2) is 34.7 Å². The average molecular weight is 348 g/mol. The highest BCUT2D eigenvalue weighted by Gasteiger charge is 2.15. The van der Waals surface area contributed by atoms with Crippen molar-refractivity contribution in [1.29, 1.82) is 0 Å². The van der Waals surface area contributed by atoms with E-state index in [9.17, 15) is 4.79 Å². The number of anilines is 1. The van der Waals surface area contributed by atoms with Gasteiger partial charge >= 0.3 is 0 Å². The molecule has 0 bridgehead atoms. The van der Waals surface area contributed by atoms with E-state index in [2.05, 4.69) is 32.5 Å². The van der Waals surface area contributed by atoms with Crippen LogP contribution in [-0.4, -0.2) is 40.6 Å². The van der Waals surface area contributed by atoms with E-state index >= 15 is 0 Å². The molecule has 1 N–H and O–H groups in total. The third kappa shape index (κ3) is 5.30. The predicted molar refractivity (Wildman–Crippen MR) is 94.8 cm³/mol. The molecule has 122 valence electrons. The maximum Gasteiger partial charge on any atom is 0.240 e. The minimum absolute atomic E-state index is 0.00246. The second-order valence-corrected chi connectivity index (χ2v) is 7.73. The van der Waals surface area contributed by atoms with Crippen LogP contribution in [0.5, 0.6) is 0 Å². The summed E-state index contributed by atoms with van der Waals surface area (Å²) in [5.74, 6) is 0.861. The Hall–Kier alpha value is -1.44. The molecule has 2 aromatic rings. The van der Waals surface area contributed by atoms with Crippen molar-refractivity contribution in [2.24, 2.45) is 0 Å². The third-order valence-corrected chi connectivity index (χ3v) is 5.72. The van der Waals surface area contributed by atoms with Crippen molar-refractivity contribution in [3.8, 4) is 0 Å². The van der Waals surface area contributed by atoms with Gasteiger partial charge in [-0.3, -0.25) is 15.0 Å². The molecule has 0 radical (unpaired) electrons. The number of rotatable bonds is 6. The molecule has 23 heavy (non-hydrogen) atoms. The number of aromatic nitrogens is 2. The zero-order valence-corrected chi connectivity index (χ0v) is 14.5. The van der Waals surface area contributed by atoms with Crippen LogP contribution >= 0.6 is 23.1 Å². The maximum absolute atomic E-state index is 12.0. The Morgan fingerprint density at radius 3 is 2.74 bits per heavy atom. The maximum atomic E-state index is 12.0. The normalized spacial score (nSPS) is 15.5. The molecular formula is C16H20N4OS2. The van der Waals surface area contributed by atoms with Crippen LogP contribution in [-0.2, 0) is 10.5 Å². The quantitative estimate of drug-likeness (QED) is 0.641. The molecule has 1 saturated heterocycles. The van der Waals surface area contributed by atoms with E-state index < -0.39 is 0 Å². The van der Waals surface area contributed by atoms with Gasteiger partial charge in [-0.2, -0.15) is 0 Å². The monoisotopic (exact) mass is 348 g/mol. The standard InChI is InChI=1S/C16H20N4OS2/c21-14(11-20-9-5-2-6-10-20)17-15-18-19-16(23-15)22-12-13-7-3-1-4-8-13/h1,3-4,7-8H,2,5-6,9-12H2,(H,17,18,21). The minimum Gasteiger partial charge on any atom is -0.299 e. The lowest BCUT2D eigenvalue weighted by atomic mass is 10.1. The first-order valence-electron chi connectivity index (χ1n) is 7.82. The molecule has 5 nitrogen and oxygen atoms in total. The number of thioether (sulfide) groups is 1. The van der Waals surface area contributed by atoms with Gasteiger partial charge in [-0.25, -0.2) is 0 Å². The van der Waals surface area contributed by atoms with Crippen LogP contribution in [0, 0.1) is 0 Å². The van der Waals surface area contributed by atoms with Gasteiger partial charge < -0.3 is 0 Å². The highest BCUT2D eigenvalue weighted by molar-refractivity contribution is 8.00. The number of carbonyl (C=O) groups excluding carboxylic acids is 1. The molecule has 2 heterocycles. The Balaban J connectivity index is 1.45. The molecule has 0 saturated carbocycles. The molecule has 1 fully saturated rings. The molecule has 7 heteroatoms. The number of hydrogen-bond acceptors (Lipinski definition) is 6. The molecule has 0 aliphatic carbocycles. The largest absolute Gasteiger partial charge is 0.299 e. The number of piperidine rings is 1. The van der Waals surface area contributed by atoms with E-state index in [0.29, 0.717) is 11.7 Å². The lowest BCUT2D eigenvalue weighted by Crippen LogP contribution is -2.36. The van der Waals surface area contributed by atoms with Gasteiger partial charge in [-0.15, -0.1) is 10.2 Å². The fourth-order valence-electron chi connectivity index (χ4n) is 2.52. The SMILES string of the molecule is O=C(CN1CCCCC1)Nc1nnc(SCc2ccccc2)s1. The minimum atomic E-state index is 0.00246. The van der Waals surface area contributed by atoms with Crippen LogP contribution in [0.2, 0.25) is 0 Å². The summed E-state index contributed by atoms with van der Waals surface area (Å²) in [5.41, 5.74) is 1.25. The number of nitrogens with one attached hydrogen (secondary N) is 1. The van der Waals surface area contributed by atoms with Gasteiger partial charge in [0.25, 0.3) is 0 Å². The van der Waals surface area contributed by atoms with Crippen molar-refractivity contribution in [1.82, 2.24) is 15.1 Å². The van der Waals surface area contributed by atoms with Gasteiger partial charge in [0.05, 0.1) is 6.54 Å². The molecule has 0 unspecified atom stereocenters. The Morgan fingerprint density at radius 1 is 1.17 bits per heavy atom. The summed E-state index contributed by atoms with van der Waals surface area (Å²) in [6.45, 7) is 2.48. The molecule has 1 aliphatic rings. The summed E-state index contributed by atoms with van der Waals surface area (Å²) >= 11 is 3.07. The summed E-state index contributed by atoms with van der Waals surface area (Å²) in [4.78, 5) is 14.2. The first kappa shape index (κ1) is 16.4. The van der Waals surface area contributed by atoms with Gasteiger partial charge in [0.2, 0.25) is 11.0 Å². The molecule has 1 aromatic carbocycles. The fraction of sp³-hybridized carbons (Fsp3) is 0.438. The smallest absolute Gasteiger partial charge is 0.240 e. The molecular weight excluding hydrogens is 328 g/mol. The third-order valence-electron chi connectivity index (χ3n) is 3.67. The van der Waals surface area contributed by atoms with Crippen molar-refractivity contribution >= 4 is 34.1 Å². The zero-order valence-electron chi connectivity index (χ0n) is 12.9. The van der Waals surface area contributed by atoms with Crippen molar-refractivity contribution < 1.29 is 4.79 Å². The van der Waals surface area contributed by atoms with Crippen LogP contribution in [0.4, 0.5) is 5.13 Å². The number of benzene rings is 1. The van der Waals surface area contributed by atoms with Crippen molar-refractivity contribution in [2.75, 3.05) is 25.0 Å². The first-order valence-corrected chi connectivity index (χ1v) is 9.62. The summed E-state index contributed by atoms with van der Waals surface area (Å²) in [7, 11) is 0. The molecule has 1 aromatic heterocycles. The van der Waals surface area contributed by atoms with E-state index in [-0.39, 0.29) is 5.91 Å². The van der Waals surface area contributed by atoms with E-state index in [4.69, 9.17) is 0 Å². The molecule has 0 atom stereocenters. The number of likely N-dealkylation sites (tertiary alicyclic amines) is 1. The van der Waals surface area contributed by atoms with Gasteiger partial charge in [0.1, 0.15) is 0 Å². The second kappa shape index (κ2) is 8.42. The fourth-order valence-corrected chi connectivity index (χ4v) is 4.24. The van der Waals surface area contributed by atoms with Crippen molar-refractivity contribution in [2.45, 2.75) is 29.4 Å². The number of carbonyl (C=O) groups is 1. The Morgan fingerprint density at radius 2 is 1.96 bits per heavy atom. The van der Waals surface area contributed by atoms with E-state index in [1.165, 1.54) is 36.2 Å². The number of nitrogens with zero attached hydrogens (tertiary/aromatic N) is 3. The summed E-state index contributed by atoms with van der Waals surface area (Å²) < 4.78 is 0.877. The summed E-state index contributed by atoms with van der Waals surface area (Å²) in [6.07, 6.45) is 3.65. The van der Waals surface area contributed by atoms with Crippen LogP contribution in [0.3, 0.4) is 0 Å². The van der Waals surface area contributed by atoms with Gasteiger partial charge in [0, 0.05) is 5.75 Å². The highest BCUT2D eigenvalue weighted by Crippen LogP contribution is 2.28. The summed E-state index contributed by atoms with van der Waals surface area (Å²) in [5, 5.41) is 11.6.